The molecule has 29 heavy (non-hydrogen) atoms. The molecule has 0 unspecified atom stereocenters. The number of thiazole rings is 1. The number of hydrogen-bond acceptors (Lipinski definition) is 3. The molecule has 0 fully saturated rings. The fourth-order valence-electron chi connectivity index (χ4n) is 3.20. The van der Waals surface area contributed by atoms with Gasteiger partial charge in [0.2, 0.25) is 0 Å². The van der Waals surface area contributed by atoms with Gasteiger partial charge >= 0.3 is 0 Å². The third kappa shape index (κ3) is 4.24. The minimum atomic E-state index is -0.241. The quantitative estimate of drug-likeness (QED) is 0.413. The summed E-state index contributed by atoms with van der Waals surface area (Å²) in [5, 5.41) is 4.55. The Bertz CT molecular complexity index is 1090. The Balaban J connectivity index is 1.66. The van der Waals surface area contributed by atoms with Crippen LogP contribution in [-0.4, -0.2) is 10.9 Å². The van der Waals surface area contributed by atoms with Gasteiger partial charge in [0, 0.05) is 5.56 Å². The molecule has 0 aliphatic carbocycles. The molecule has 0 saturated heterocycles. The lowest BCUT2D eigenvalue weighted by Crippen LogP contribution is -2.29. The first-order valence-electron chi connectivity index (χ1n) is 9.26. The first-order chi connectivity index (χ1) is 14.1. The van der Waals surface area contributed by atoms with Crippen molar-refractivity contribution in [3.63, 3.8) is 0 Å². The number of nitrogens with zero attached hydrogens (tertiary/aromatic N) is 1. The summed E-state index contributed by atoms with van der Waals surface area (Å²) in [5.41, 5.74) is 3.59. The van der Waals surface area contributed by atoms with E-state index in [-0.39, 0.29) is 11.9 Å². The zero-order valence-electron chi connectivity index (χ0n) is 15.8. The minimum absolute atomic E-state index is 0.143. The summed E-state index contributed by atoms with van der Waals surface area (Å²) < 4.78 is 0. The van der Waals surface area contributed by atoms with Crippen LogP contribution in [0.4, 0.5) is 0 Å². The molecule has 0 spiro atoms. The van der Waals surface area contributed by atoms with Gasteiger partial charge in [-0.1, -0.05) is 90.5 Å². The molecule has 1 aromatic heterocycles. The molecule has 1 heterocycles. The van der Waals surface area contributed by atoms with Gasteiger partial charge in [0.25, 0.3) is 5.91 Å². The average Bonchev–Trinajstić information content (AvgIpc) is 3.15. The summed E-state index contributed by atoms with van der Waals surface area (Å²) >= 11 is 7.67. The number of carbonyl (C=O) groups is 1. The second-order valence-corrected chi connectivity index (χ2v) is 8.05. The van der Waals surface area contributed by atoms with E-state index in [9.17, 15) is 4.79 Å². The van der Waals surface area contributed by atoms with E-state index in [1.807, 2.05) is 91.9 Å². The zero-order chi connectivity index (χ0) is 20.2. The molecule has 1 N–H and O–H groups in total. The van der Waals surface area contributed by atoms with Gasteiger partial charge in [0.05, 0.1) is 16.8 Å². The molecule has 0 radical (unpaired) electrons. The van der Waals surface area contributed by atoms with Crippen LogP contribution in [0, 0.1) is 6.92 Å². The van der Waals surface area contributed by atoms with Crippen molar-refractivity contribution in [2.45, 2.75) is 13.0 Å². The molecule has 0 aliphatic heterocycles. The summed E-state index contributed by atoms with van der Waals surface area (Å²) in [5.74, 6) is -0.143. The SMILES string of the molecule is Cc1nc(-c2ccccc2Cl)sc1C(=O)NC(c1ccccc1)c1ccccc1. The molecule has 0 bridgehead atoms. The van der Waals surface area contributed by atoms with Crippen LogP contribution in [0.5, 0.6) is 0 Å². The van der Waals surface area contributed by atoms with Crippen LogP contribution < -0.4 is 5.32 Å². The highest BCUT2D eigenvalue weighted by molar-refractivity contribution is 7.17. The fraction of sp³-hybridized carbons (Fsp3) is 0.0833. The molecule has 1 amide bonds. The maximum atomic E-state index is 13.2. The van der Waals surface area contributed by atoms with Crippen molar-refractivity contribution in [3.05, 3.63) is 112 Å². The molecule has 4 rings (SSSR count). The second-order valence-electron chi connectivity index (χ2n) is 6.64. The summed E-state index contributed by atoms with van der Waals surface area (Å²) in [4.78, 5) is 18.4. The molecule has 0 saturated carbocycles. The van der Waals surface area contributed by atoms with Crippen LogP contribution in [0.1, 0.15) is 32.5 Å². The van der Waals surface area contributed by atoms with Gasteiger partial charge < -0.3 is 5.32 Å². The molecule has 144 valence electrons. The minimum Gasteiger partial charge on any atom is -0.340 e. The van der Waals surface area contributed by atoms with Crippen molar-refractivity contribution in [2.75, 3.05) is 0 Å². The van der Waals surface area contributed by atoms with E-state index in [0.717, 1.165) is 21.7 Å². The van der Waals surface area contributed by atoms with Gasteiger partial charge in [-0.25, -0.2) is 4.98 Å². The average molecular weight is 419 g/mol. The van der Waals surface area contributed by atoms with E-state index in [4.69, 9.17) is 11.6 Å². The third-order valence-corrected chi connectivity index (χ3v) is 6.17. The predicted molar refractivity (Wildman–Crippen MR) is 119 cm³/mol. The topological polar surface area (TPSA) is 42.0 Å². The highest BCUT2D eigenvalue weighted by Gasteiger charge is 2.22. The number of nitrogens with one attached hydrogen (secondary N) is 1. The van der Waals surface area contributed by atoms with Crippen molar-refractivity contribution in [1.82, 2.24) is 10.3 Å². The van der Waals surface area contributed by atoms with Crippen LogP contribution in [0.15, 0.2) is 84.9 Å². The van der Waals surface area contributed by atoms with E-state index < -0.39 is 0 Å². The van der Waals surface area contributed by atoms with Crippen LogP contribution in [0.25, 0.3) is 10.6 Å². The zero-order valence-corrected chi connectivity index (χ0v) is 17.4. The van der Waals surface area contributed by atoms with E-state index >= 15 is 0 Å². The van der Waals surface area contributed by atoms with Gasteiger partial charge in [-0.2, -0.15) is 0 Å². The van der Waals surface area contributed by atoms with Crippen LogP contribution >= 0.6 is 22.9 Å². The first-order valence-corrected chi connectivity index (χ1v) is 10.5. The van der Waals surface area contributed by atoms with E-state index in [1.54, 1.807) is 0 Å². The predicted octanol–water partition coefficient (Wildman–Crippen LogP) is 6.29. The Hall–Kier alpha value is -2.95. The van der Waals surface area contributed by atoms with Gasteiger partial charge in [0.15, 0.2) is 0 Å². The maximum Gasteiger partial charge on any atom is 0.264 e. The molecule has 3 aromatic carbocycles. The van der Waals surface area contributed by atoms with Gasteiger partial charge in [0.1, 0.15) is 9.88 Å². The maximum absolute atomic E-state index is 13.2. The number of benzene rings is 3. The Morgan fingerprint density at radius 3 is 2.03 bits per heavy atom. The molecule has 5 heteroatoms. The van der Waals surface area contributed by atoms with Crippen LogP contribution in [0.2, 0.25) is 5.02 Å². The first kappa shape index (κ1) is 19.4. The highest BCUT2D eigenvalue weighted by atomic mass is 35.5. The Labute approximate surface area is 179 Å². The van der Waals surface area contributed by atoms with E-state index in [1.165, 1.54) is 11.3 Å². The van der Waals surface area contributed by atoms with Crippen LogP contribution in [0.3, 0.4) is 0 Å². The number of hydrogen-bond donors (Lipinski definition) is 1. The lowest BCUT2D eigenvalue weighted by atomic mass is 9.98. The fourth-order valence-corrected chi connectivity index (χ4v) is 4.49. The molecule has 4 aromatic rings. The largest absolute Gasteiger partial charge is 0.340 e. The van der Waals surface area contributed by atoms with Crippen LogP contribution in [-0.2, 0) is 0 Å². The molecule has 0 atom stereocenters. The number of halogens is 1. The lowest BCUT2D eigenvalue weighted by Gasteiger charge is -2.19. The number of amides is 1. The summed E-state index contributed by atoms with van der Waals surface area (Å²) in [7, 11) is 0. The highest BCUT2D eigenvalue weighted by Crippen LogP contribution is 2.33. The summed E-state index contributed by atoms with van der Waals surface area (Å²) in [6.45, 7) is 1.85. The standard InChI is InChI=1S/C24H19ClN2OS/c1-16-22(29-24(26-16)19-14-8-9-15-20(19)25)23(28)27-21(17-10-4-2-5-11-17)18-12-6-3-7-13-18/h2-15,21H,1H3,(H,27,28). The van der Waals surface area contributed by atoms with Gasteiger partial charge in [-0.05, 0) is 24.1 Å². The van der Waals surface area contributed by atoms with E-state index in [0.29, 0.717) is 15.6 Å². The van der Waals surface area contributed by atoms with Crippen molar-refractivity contribution >= 4 is 28.8 Å². The van der Waals surface area contributed by atoms with Gasteiger partial charge in [-0.3, -0.25) is 4.79 Å². The number of aryl methyl sites for hydroxylation is 1. The monoisotopic (exact) mass is 418 g/mol. The second kappa shape index (κ2) is 8.60. The van der Waals surface area contributed by atoms with Crippen molar-refractivity contribution in [2.24, 2.45) is 0 Å². The smallest absolute Gasteiger partial charge is 0.264 e. The van der Waals surface area contributed by atoms with Crippen molar-refractivity contribution in [1.29, 1.82) is 0 Å². The molecule has 3 nitrogen and oxygen atoms in total. The van der Waals surface area contributed by atoms with Crippen molar-refractivity contribution < 1.29 is 4.79 Å². The normalized spacial score (nSPS) is 10.9. The third-order valence-electron chi connectivity index (χ3n) is 4.65. The summed E-state index contributed by atoms with van der Waals surface area (Å²) in [6, 6.07) is 27.2. The number of rotatable bonds is 5. The van der Waals surface area contributed by atoms with Gasteiger partial charge in [-0.15, -0.1) is 11.3 Å². The Kier molecular flexibility index (Phi) is 5.74. The number of carbonyl (C=O) groups excluding carboxylic acids is 1. The Morgan fingerprint density at radius 2 is 1.45 bits per heavy atom. The lowest BCUT2D eigenvalue weighted by molar-refractivity contribution is 0.0946. The Morgan fingerprint density at radius 1 is 0.897 bits per heavy atom. The number of aromatic nitrogens is 1. The molecule has 0 aliphatic rings. The summed E-state index contributed by atoms with van der Waals surface area (Å²) in [6.07, 6.45) is 0. The molecular formula is C24H19ClN2OS. The van der Waals surface area contributed by atoms with Crippen molar-refractivity contribution in [3.8, 4) is 10.6 Å². The van der Waals surface area contributed by atoms with E-state index in [2.05, 4.69) is 10.3 Å². The molecular weight excluding hydrogens is 400 g/mol.